The Kier molecular flexibility index (Phi) is 4.16. The summed E-state index contributed by atoms with van der Waals surface area (Å²) in [6.07, 6.45) is 3.19. The predicted molar refractivity (Wildman–Crippen MR) is 70.1 cm³/mol. The molecule has 0 bridgehead atoms. The van der Waals surface area contributed by atoms with Crippen LogP contribution in [0, 0.1) is 11.8 Å². The molecule has 0 unspecified atom stereocenters. The Hall–Kier alpha value is -1.89. The minimum absolute atomic E-state index is 0.00882. The molecule has 0 amide bonds. The van der Waals surface area contributed by atoms with Gasteiger partial charge in [0.2, 0.25) is 0 Å². The highest BCUT2D eigenvalue weighted by molar-refractivity contribution is 7.92. The highest BCUT2D eigenvalue weighted by Crippen LogP contribution is 2.20. The molecule has 0 spiro atoms. The van der Waals surface area contributed by atoms with Gasteiger partial charge in [-0.15, -0.1) is 0 Å². The molecule has 0 fully saturated rings. The molecule has 2 aromatic heterocycles. The molecule has 0 saturated carbocycles. The number of rotatable bonds is 4. The number of nitrogens with zero attached hydrogens (tertiary/aromatic N) is 2. The lowest BCUT2D eigenvalue weighted by atomic mass is 10.4. The van der Waals surface area contributed by atoms with E-state index >= 15 is 0 Å². The molecule has 7 nitrogen and oxygen atoms in total. The van der Waals surface area contributed by atoms with Crippen LogP contribution in [0.5, 0.6) is 0 Å². The first-order valence-corrected chi connectivity index (χ1v) is 7.49. The van der Waals surface area contributed by atoms with E-state index in [2.05, 4.69) is 31.7 Å². The maximum Gasteiger partial charge on any atom is 0.280 e. The first kappa shape index (κ1) is 13.5. The van der Waals surface area contributed by atoms with E-state index in [0.29, 0.717) is 11.3 Å². The van der Waals surface area contributed by atoms with Crippen LogP contribution >= 0.6 is 11.3 Å². The van der Waals surface area contributed by atoms with Crippen molar-refractivity contribution in [2.24, 2.45) is 0 Å². The first-order valence-electron chi connectivity index (χ1n) is 5.19. The molecule has 0 atom stereocenters. The van der Waals surface area contributed by atoms with Gasteiger partial charge < -0.3 is 5.11 Å². The van der Waals surface area contributed by atoms with E-state index in [1.807, 2.05) is 0 Å². The number of aliphatic hydroxyl groups excluding tert-OH is 1. The topological polar surface area (TPSA) is 108 Å². The van der Waals surface area contributed by atoms with Crippen LogP contribution in [0.3, 0.4) is 0 Å². The quantitative estimate of drug-likeness (QED) is 0.708. The van der Waals surface area contributed by atoms with Gasteiger partial charge >= 0.3 is 0 Å². The molecule has 2 heterocycles. The molecular weight excluding hydrogens is 288 g/mol. The Morgan fingerprint density at radius 3 is 3.05 bits per heavy atom. The smallest absolute Gasteiger partial charge is 0.280 e. The van der Waals surface area contributed by atoms with Gasteiger partial charge in [-0.3, -0.25) is 9.82 Å². The summed E-state index contributed by atoms with van der Waals surface area (Å²) in [6, 6.07) is 1.35. The Labute approximate surface area is 113 Å². The van der Waals surface area contributed by atoms with Crippen LogP contribution in [0.25, 0.3) is 0 Å². The highest BCUT2D eigenvalue weighted by Gasteiger charge is 2.17. The zero-order chi connectivity index (χ0) is 13.7. The average molecular weight is 298 g/mol. The van der Waals surface area contributed by atoms with E-state index in [1.165, 1.54) is 18.5 Å². The molecule has 0 saturated heterocycles. The van der Waals surface area contributed by atoms with Gasteiger partial charge in [0.25, 0.3) is 10.0 Å². The summed E-state index contributed by atoms with van der Waals surface area (Å²) in [6.45, 7) is -0.00882. The van der Waals surface area contributed by atoms with E-state index in [9.17, 15) is 8.42 Å². The molecule has 100 valence electrons. The lowest BCUT2D eigenvalue weighted by Crippen LogP contribution is -2.13. The van der Waals surface area contributed by atoms with Crippen molar-refractivity contribution >= 4 is 26.5 Å². The van der Waals surface area contributed by atoms with Crippen molar-refractivity contribution in [2.45, 2.75) is 11.4 Å². The maximum atomic E-state index is 11.8. The van der Waals surface area contributed by atoms with Gasteiger partial charge in [-0.25, -0.2) is 4.98 Å². The number of hydrogen-bond acceptors (Lipinski definition) is 6. The molecular formula is C10H10N4O3S2. The summed E-state index contributed by atoms with van der Waals surface area (Å²) in [5, 5.41) is 14.7. The van der Waals surface area contributed by atoms with Crippen LogP contribution in [0.4, 0.5) is 5.13 Å². The largest absolute Gasteiger partial charge is 0.395 e. The number of anilines is 1. The Balaban J connectivity index is 2.11. The van der Waals surface area contributed by atoms with E-state index in [-0.39, 0.29) is 16.8 Å². The van der Waals surface area contributed by atoms with E-state index in [1.54, 1.807) is 0 Å². The number of nitrogens with one attached hydrogen (secondary N) is 2. The van der Waals surface area contributed by atoms with Gasteiger partial charge in [-0.1, -0.05) is 23.2 Å². The van der Waals surface area contributed by atoms with Gasteiger partial charge in [-0.05, 0) is 6.07 Å². The molecule has 0 radical (unpaired) electrons. The number of sulfonamides is 1. The number of aromatic amines is 1. The molecule has 0 aliphatic rings. The fraction of sp³-hybridized carbons (Fsp3) is 0.200. The van der Waals surface area contributed by atoms with Crippen LogP contribution in [-0.4, -0.2) is 35.3 Å². The SMILES string of the molecule is O=S(=O)(Nc1ncc(C#CCCO)s1)c1ccn[nH]1. The van der Waals surface area contributed by atoms with E-state index in [0.717, 1.165) is 11.3 Å². The molecule has 0 aromatic carbocycles. The van der Waals surface area contributed by atoms with E-state index < -0.39 is 10.0 Å². The molecule has 9 heteroatoms. The zero-order valence-electron chi connectivity index (χ0n) is 9.62. The van der Waals surface area contributed by atoms with Crippen molar-refractivity contribution in [3.05, 3.63) is 23.3 Å². The van der Waals surface area contributed by atoms with Crippen molar-refractivity contribution in [2.75, 3.05) is 11.3 Å². The van der Waals surface area contributed by atoms with Crippen molar-refractivity contribution in [3.8, 4) is 11.8 Å². The van der Waals surface area contributed by atoms with Crippen LogP contribution in [0.2, 0.25) is 0 Å². The van der Waals surface area contributed by atoms with Crippen LogP contribution in [-0.2, 0) is 10.0 Å². The Morgan fingerprint density at radius 2 is 2.37 bits per heavy atom. The highest BCUT2D eigenvalue weighted by atomic mass is 32.2. The number of hydrogen-bond donors (Lipinski definition) is 3. The lowest BCUT2D eigenvalue weighted by molar-refractivity contribution is 0.305. The maximum absolute atomic E-state index is 11.8. The molecule has 2 aromatic rings. The third-order valence-electron chi connectivity index (χ3n) is 1.94. The number of H-pyrrole nitrogens is 1. The first-order chi connectivity index (χ1) is 9.12. The number of aliphatic hydroxyl groups is 1. The number of thiazole rings is 1. The van der Waals surface area contributed by atoms with Gasteiger partial charge in [0.1, 0.15) is 0 Å². The van der Waals surface area contributed by atoms with Gasteiger partial charge in [0, 0.05) is 6.42 Å². The summed E-state index contributed by atoms with van der Waals surface area (Å²) in [5.41, 5.74) is 0. The van der Waals surface area contributed by atoms with E-state index in [4.69, 9.17) is 5.11 Å². The fourth-order valence-electron chi connectivity index (χ4n) is 1.15. The predicted octanol–water partition coefficient (Wildman–Crippen LogP) is 0.401. The third-order valence-corrected chi connectivity index (χ3v) is 4.17. The second-order valence-electron chi connectivity index (χ2n) is 3.33. The molecule has 0 aliphatic heterocycles. The lowest BCUT2D eigenvalue weighted by Gasteiger charge is -2.00. The second kappa shape index (κ2) is 5.83. The number of aromatic nitrogens is 3. The van der Waals surface area contributed by atoms with Crippen molar-refractivity contribution < 1.29 is 13.5 Å². The van der Waals surface area contributed by atoms with Crippen molar-refractivity contribution in [1.29, 1.82) is 0 Å². The normalized spacial score (nSPS) is 10.8. The van der Waals surface area contributed by atoms with Gasteiger partial charge in [0.05, 0.1) is 23.9 Å². The standard InChI is InChI=1S/C10H10N4O3S2/c15-6-2-1-3-8-7-11-10(18-8)14-19(16,17)9-4-5-12-13-9/h4-5,7,15H,2,6H2,(H,11,14)(H,12,13). The minimum Gasteiger partial charge on any atom is -0.395 e. The summed E-state index contributed by atoms with van der Waals surface area (Å²) < 4.78 is 26.0. The summed E-state index contributed by atoms with van der Waals surface area (Å²) in [5.74, 6) is 5.51. The molecule has 19 heavy (non-hydrogen) atoms. The summed E-state index contributed by atoms with van der Waals surface area (Å²) in [4.78, 5) is 4.54. The van der Waals surface area contributed by atoms with Crippen LogP contribution in [0.1, 0.15) is 11.3 Å². The monoisotopic (exact) mass is 298 g/mol. The third kappa shape index (κ3) is 3.54. The summed E-state index contributed by atoms with van der Waals surface area (Å²) in [7, 11) is -3.69. The van der Waals surface area contributed by atoms with Crippen molar-refractivity contribution in [3.63, 3.8) is 0 Å². The second-order valence-corrected chi connectivity index (χ2v) is 6.01. The van der Waals surface area contributed by atoms with Crippen LogP contribution < -0.4 is 4.72 Å². The van der Waals surface area contributed by atoms with Gasteiger partial charge in [-0.2, -0.15) is 13.5 Å². The Bertz CT molecular complexity index is 695. The Morgan fingerprint density at radius 1 is 1.53 bits per heavy atom. The summed E-state index contributed by atoms with van der Waals surface area (Å²) >= 11 is 1.12. The molecule has 0 aliphatic carbocycles. The molecule has 2 rings (SSSR count). The van der Waals surface area contributed by atoms with Gasteiger partial charge in [0.15, 0.2) is 10.2 Å². The van der Waals surface area contributed by atoms with Crippen LogP contribution in [0.15, 0.2) is 23.5 Å². The van der Waals surface area contributed by atoms with Crippen molar-refractivity contribution in [1.82, 2.24) is 15.2 Å². The zero-order valence-corrected chi connectivity index (χ0v) is 11.3. The minimum atomic E-state index is -3.69. The fourth-order valence-corrected chi connectivity index (χ4v) is 2.99. The molecule has 3 N–H and O–H groups in total. The average Bonchev–Trinajstić information content (AvgIpc) is 3.00.